The van der Waals surface area contributed by atoms with E-state index in [-0.39, 0.29) is 0 Å². The maximum atomic E-state index is 6.52. The molecule has 1 fully saturated rings. The summed E-state index contributed by atoms with van der Waals surface area (Å²) in [5.41, 5.74) is 10.1. The quantitative estimate of drug-likeness (QED) is 0.380. The average molecular weight is 442 g/mol. The minimum absolute atomic E-state index is 0.377. The second kappa shape index (κ2) is 7.13. The molecule has 1 aliphatic carbocycles. The molecule has 0 radical (unpaired) electrons. The molecular formula is C22H15Cl3N4. The molecule has 0 spiro atoms. The number of anilines is 1. The van der Waals surface area contributed by atoms with Crippen LogP contribution < -0.4 is 5.73 Å². The molecule has 0 saturated heterocycles. The van der Waals surface area contributed by atoms with Gasteiger partial charge in [-0.2, -0.15) is 0 Å². The van der Waals surface area contributed by atoms with Crippen LogP contribution in [0.4, 0.5) is 5.82 Å². The number of nitrogens with two attached hydrogens (primary N) is 1. The van der Waals surface area contributed by atoms with Crippen LogP contribution in [0.5, 0.6) is 0 Å². The van der Waals surface area contributed by atoms with E-state index in [9.17, 15) is 0 Å². The van der Waals surface area contributed by atoms with E-state index in [4.69, 9.17) is 45.5 Å². The topological polar surface area (TPSA) is 64.7 Å². The fourth-order valence-electron chi connectivity index (χ4n) is 3.35. The fourth-order valence-corrected chi connectivity index (χ4v) is 3.98. The number of hydrogen-bond donors (Lipinski definition) is 1. The third-order valence-corrected chi connectivity index (χ3v) is 5.82. The van der Waals surface area contributed by atoms with Gasteiger partial charge in [0.15, 0.2) is 5.65 Å². The minimum atomic E-state index is 0.377. The largest absolute Gasteiger partial charge is 0.383 e. The van der Waals surface area contributed by atoms with E-state index in [1.54, 1.807) is 12.1 Å². The van der Waals surface area contributed by atoms with Crippen molar-refractivity contribution >= 4 is 51.7 Å². The molecule has 0 atom stereocenters. The second-order valence-corrected chi connectivity index (χ2v) is 8.41. The lowest BCUT2D eigenvalue weighted by atomic mass is 9.98. The van der Waals surface area contributed by atoms with Crippen molar-refractivity contribution in [2.75, 3.05) is 5.73 Å². The SMILES string of the molecule is Nc1nc(C2CC2)nc2nc(-c3ccc(Cl)cc3Cl)c(-c3ccc(Cl)cc3)cc12. The van der Waals surface area contributed by atoms with Gasteiger partial charge >= 0.3 is 0 Å². The first-order valence-electron chi connectivity index (χ1n) is 9.19. The molecule has 2 aromatic carbocycles. The summed E-state index contributed by atoms with van der Waals surface area (Å²) in [4.78, 5) is 14.1. The zero-order chi connectivity index (χ0) is 20.1. The zero-order valence-corrected chi connectivity index (χ0v) is 17.4. The van der Waals surface area contributed by atoms with Crippen LogP contribution in [0.15, 0.2) is 48.5 Å². The molecule has 29 heavy (non-hydrogen) atoms. The lowest BCUT2D eigenvalue weighted by Gasteiger charge is -2.14. The molecule has 1 aliphatic rings. The summed E-state index contributed by atoms with van der Waals surface area (Å²) in [6.07, 6.45) is 2.17. The van der Waals surface area contributed by atoms with Gasteiger partial charge < -0.3 is 5.73 Å². The summed E-state index contributed by atoms with van der Waals surface area (Å²) in [5.74, 6) is 1.57. The zero-order valence-electron chi connectivity index (χ0n) is 15.2. The van der Waals surface area contributed by atoms with Crippen molar-refractivity contribution in [3.05, 3.63) is 69.4 Å². The highest BCUT2D eigenvalue weighted by atomic mass is 35.5. The van der Waals surface area contributed by atoms with E-state index in [0.717, 1.165) is 35.4 Å². The molecule has 0 bridgehead atoms. The monoisotopic (exact) mass is 440 g/mol. The van der Waals surface area contributed by atoms with Crippen molar-refractivity contribution < 1.29 is 0 Å². The van der Waals surface area contributed by atoms with Gasteiger partial charge in [-0.05, 0) is 54.8 Å². The summed E-state index contributed by atoms with van der Waals surface area (Å²) in [6, 6.07) is 14.9. The summed E-state index contributed by atoms with van der Waals surface area (Å²) < 4.78 is 0. The van der Waals surface area contributed by atoms with E-state index in [1.807, 2.05) is 36.4 Å². The molecule has 5 rings (SSSR count). The summed E-state index contributed by atoms with van der Waals surface area (Å²) in [5, 5.41) is 2.46. The third-order valence-electron chi connectivity index (χ3n) is 5.02. The van der Waals surface area contributed by atoms with Crippen molar-refractivity contribution in [3.8, 4) is 22.4 Å². The maximum Gasteiger partial charge on any atom is 0.165 e. The molecule has 2 N–H and O–H groups in total. The van der Waals surface area contributed by atoms with Gasteiger partial charge in [0.1, 0.15) is 11.6 Å². The predicted molar refractivity (Wildman–Crippen MR) is 120 cm³/mol. The van der Waals surface area contributed by atoms with E-state index in [0.29, 0.717) is 43.5 Å². The van der Waals surface area contributed by atoms with Crippen molar-refractivity contribution in [2.24, 2.45) is 0 Å². The van der Waals surface area contributed by atoms with Crippen LogP contribution in [-0.2, 0) is 0 Å². The Morgan fingerprint density at radius 3 is 2.21 bits per heavy atom. The Hall–Kier alpha value is -2.40. The Bertz CT molecular complexity index is 1250. The molecule has 4 nitrogen and oxygen atoms in total. The summed E-state index contributed by atoms with van der Waals surface area (Å²) >= 11 is 18.7. The molecule has 2 aromatic heterocycles. The maximum absolute atomic E-state index is 6.52. The van der Waals surface area contributed by atoms with Gasteiger partial charge in [0.05, 0.1) is 16.1 Å². The normalized spacial score (nSPS) is 13.8. The molecule has 0 amide bonds. The first-order valence-corrected chi connectivity index (χ1v) is 10.3. The minimum Gasteiger partial charge on any atom is -0.383 e. The van der Waals surface area contributed by atoms with Gasteiger partial charge in [0.2, 0.25) is 0 Å². The third kappa shape index (κ3) is 3.52. The number of aromatic nitrogens is 3. The number of nitrogen functional groups attached to an aromatic ring is 1. The van der Waals surface area contributed by atoms with Crippen LogP contribution in [-0.4, -0.2) is 15.0 Å². The summed E-state index contributed by atoms with van der Waals surface area (Å²) in [7, 11) is 0. The Balaban J connectivity index is 1.81. The molecular weight excluding hydrogens is 427 g/mol. The fraction of sp³-hybridized carbons (Fsp3) is 0.136. The van der Waals surface area contributed by atoms with Gasteiger partial charge in [0.25, 0.3) is 0 Å². The predicted octanol–water partition coefficient (Wildman–Crippen LogP) is 6.78. The molecule has 7 heteroatoms. The van der Waals surface area contributed by atoms with Gasteiger partial charge in [-0.3, -0.25) is 0 Å². The van der Waals surface area contributed by atoms with Crippen LogP contribution in [0.1, 0.15) is 24.6 Å². The number of pyridine rings is 1. The molecule has 0 aliphatic heterocycles. The van der Waals surface area contributed by atoms with Crippen molar-refractivity contribution in [1.29, 1.82) is 0 Å². The molecule has 144 valence electrons. The van der Waals surface area contributed by atoms with Crippen LogP contribution in [0.25, 0.3) is 33.4 Å². The van der Waals surface area contributed by atoms with Crippen molar-refractivity contribution in [1.82, 2.24) is 15.0 Å². The number of fused-ring (bicyclic) bond motifs is 1. The second-order valence-electron chi connectivity index (χ2n) is 7.13. The van der Waals surface area contributed by atoms with Gasteiger partial charge in [-0.1, -0.05) is 46.9 Å². The van der Waals surface area contributed by atoms with Crippen LogP contribution in [0, 0.1) is 0 Å². The number of hydrogen-bond acceptors (Lipinski definition) is 4. The van der Waals surface area contributed by atoms with Gasteiger partial charge in [-0.25, -0.2) is 15.0 Å². The van der Waals surface area contributed by atoms with Gasteiger partial charge in [0, 0.05) is 27.1 Å². The van der Waals surface area contributed by atoms with Gasteiger partial charge in [-0.15, -0.1) is 0 Å². The number of nitrogens with zero attached hydrogens (tertiary/aromatic N) is 3. The number of benzene rings is 2. The molecule has 4 aromatic rings. The highest BCUT2D eigenvalue weighted by molar-refractivity contribution is 6.36. The number of halogens is 3. The molecule has 2 heterocycles. The van der Waals surface area contributed by atoms with E-state index >= 15 is 0 Å². The smallest absolute Gasteiger partial charge is 0.165 e. The Morgan fingerprint density at radius 2 is 1.52 bits per heavy atom. The number of rotatable bonds is 3. The highest BCUT2D eigenvalue weighted by Gasteiger charge is 2.28. The van der Waals surface area contributed by atoms with Crippen molar-refractivity contribution in [2.45, 2.75) is 18.8 Å². The van der Waals surface area contributed by atoms with Crippen molar-refractivity contribution in [3.63, 3.8) is 0 Å². The highest BCUT2D eigenvalue weighted by Crippen LogP contribution is 2.41. The van der Waals surface area contributed by atoms with Crippen LogP contribution in [0.3, 0.4) is 0 Å². The molecule has 1 saturated carbocycles. The van der Waals surface area contributed by atoms with E-state index in [1.165, 1.54) is 0 Å². The van der Waals surface area contributed by atoms with E-state index < -0.39 is 0 Å². The van der Waals surface area contributed by atoms with Crippen LogP contribution in [0.2, 0.25) is 15.1 Å². The van der Waals surface area contributed by atoms with Crippen LogP contribution >= 0.6 is 34.8 Å². The summed E-state index contributed by atoms with van der Waals surface area (Å²) in [6.45, 7) is 0. The first-order chi connectivity index (χ1) is 14.0. The Kier molecular flexibility index (Phi) is 4.58. The van der Waals surface area contributed by atoms with E-state index in [2.05, 4.69) is 9.97 Å². The lowest BCUT2D eigenvalue weighted by Crippen LogP contribution is -2.03. The average Bonchev–Trinajstić information content (AvgIpc) is 3.53. The Labute approximate surface area is 182 Å². The molecule has 0 unspecified atom stereocenters. The first kappa shape index (κ1) is 18.6. The Morgan fingerprint density at radius 1 is 0.793 bits per heavy atom. The standard InChI is InChI=1S/C22H15Cl3N4/c23-13-5-3-11(4-6-13)16-10-17-20(26)28-21(12-1-2-12)29-22(17)27-19(16)15-8-7-14(24)9-18(15)25/h3-10,12H,1-2H2,(H2,26,27,28,29). The lowest BCUT2D eigenvalue weighted by molar-refractivity contribution is 0.945.